The molecule has 16 heavy (non-hydrogen) atoms. The molecule has 94 valence electrons. The van der Waals surface area contributed by atoms with Crippen molar-refractivity contribution in [3.8, 4) is 6.07 Å². The number of nitrogens with zero attached hydrogens (tertiary/aromatic N) is 1. The van der Waals surface area contributed by atoms with Crippen molar-refractivity contribution in [2.45, 2.75) is 77.6 Å². The van der Waals surface area contributed by atoms with Gasteiger partial charge in [0, 0.05) is 0 Å². The number of rotatable bonds is 9. The fourth-order valence-electron chi connectivity index (χ4n) is 1.69. The summed E-state index contributed by atoms with van der Waals surface area (Å²) < 4.78 is 5.79. The maximum atomic E-state index is 8.98. The molecule has 0 aromatic rings. The van der Waals surface area contributed by atoms with Crippen LogP contribution in [0.3, 0.4) is 0 Å². The zero-order valence-corrected chi connectivity index (χ0v) is 12.4. The second-order valence-corrected chi connectivity index (χ2v) is 9.86. The largest absolute Gasteiger partial charge is 0.402 e. The summed E-state index contributed by atoms with van der Waals surface area (Å²) in [6, 6.07) is 2.27. The highest BCUT2D eigenvalue weighted by Gasteiger charge is 2.20. The topological polar surface area (TPSA) is 33.0 Å². The van der Waals surface area contributed by atoms with Crippen LogP contribution in [0.5, 0.6) is 0 Å². The highest BCUT2D eigenvalue weighted by atomic mass is 28.4. The fraction of sp³-hybridized carbons (Fsp3) is 0.923. The third-order valence-electron chi connectivity index (χ3n) is 2.46. The normalized spacial score (nSPS) is 13.4. The fourth-order valence-corrected chi connectivity index (χ4v) is 2.71. The predicted molar refractivity (Wildman–Crippen MR) is 71.8 cm³/mol. The first-order valence-electron chi connectivity index (χ1n) is 6.57. The maximum Gasteiger partial charge on any atom is 0.185 e. The molecule has 0 radical (unpaired) electrons. The van der Waals surface area contributed by atoms with Crippen molar-refractivity contribution in [3.63, 3.8) is 0 Å². The Balaban J connectivity index is 3.54. The smallest absolute Gasteiger partial charge is 0.185 e. The van der Waals surface area contributed by atoms with Gasteiger partial charge < -0.3 is 4.43 Å². The van der Waals surface area contributed by atoms with Crippen LogP contribution < -0.4 is 0 Å². The molecule has 2 nitrogen and oxygen atoms in total. The number of nitriles is 1. The molecule has 0 spiro atoms. The molecule has 0 aromatic heterocycles. The number of hydrogen-bond acceptors (Lipinski definition) is 2. The van der Waals surface area contributed by atoms with Gasteiger partial charge in [-0.25, -0.2) is 0 Å². The van der Waals surface area contributed by atoms with Crippen LogP contribution in [0.2, 0.25) is 19.6 Å². The summed E-state index contributed by atoms with van der Waals surface area (Å²) >= 11 is 0. The monoisotopic (exact) mass is 241 g/mol. The Kier molecular flexibility index (Phi) is 8.59. The van der Waals surface area contributed by atoms with E-state index in [1.54, 1.807) is 0 Å². The van der Waals surface area contributed by atoms with Gasteiger partial charge in [0.15, 0.2) is 8.32 Å². The van der Waals surface area contributed by atoms with Gasteiger partial charge >= 0.3 is 0 Å². The van der Waals surface area contributed by atoms with E-state index in [4.69, 9.17) is 9.69 Å². The lowest BCUT2D eigenvalue weighted by molar-refractivity contribution is 0.233. The lowest BCUT2D eigenvalue weighted by atomic mass is 10.1. The first kappa shape index (κ1) is 15.7. The molecule has 0 aliphatic rings. The summed E-state index contributed by atoms with van der Waals surface area (Å²) in [6.45, 7) is 8.64. The summed E-state index contributed by atoms with van der Waals surface area (Å²) in [5.74, 6) is 0. The Morgan fingerprint density at radius 2 is 1.62 bits per heavy atom. The Labute approximate surface area is 102 Å². The minimum atomic E-state index is -1.54. The van der Waals surface area contributed by atoms with Crippen molar-refractivity contribution in [2.24, 2.45) is 0 Å². The van der Waals surface area contributed by atoms with Crippen molar-refractivity contribution >= 4 is 8.32 Å². The zero-order valence-electron chi connectivity index (χ0n) is 11.4. The molecule has 0 saturated carbocycles. The first-order valence-corrected chi connectivity index (χ1v) is 9.98. The van der Waals surface area contributed by atoms with Gasteiger partial charge in [0.1, 0.15) is 6.10 Å². The molecular formula is C13H27NOSi. The van der Waals surface area contributed by atoms with Crippen LogP contribution in [0.1, 0.15) is 51.9 Å². The summed E-state index contributed by atoms with van der Waals surface area (Å²) in [4.78, 5) is 0. The van der Waals surface area contributed by atoms with Gasteiger partial charge in [-0.1, -0.05) is 39.0 Å². The molecule has 1 atom stereocenters. The average molecular weight is 241 g/mol. The highest BCUT2D eigenvalue weighted by molar-refractivity contribution is 6.69. The molecule has 0 N–H and O–H groups in total. The van der Waals surface area contributed by atoms with Crippen LogP contribution in [0, 0.1) is 11.3 Å². The standard InChI is InChI=1S/C13H27NOSi/c1-5-6-7-8-9-10-11-13(12-14)15-16(2,3)4/h13H,5-11H2,1-4H3. The summed E-state index contributed by atoms with van der Waals surface area (Å²) in [7, 11) is -1.54. The molecule has 0 aliphatic heterocycles. The summed E-state index contributed by atoms with van der Waals surface area (Å²) in [6.07, 6.45) is 8.39. The Morgan fingerprint density at radius 1 is 1.06 bits per heavy atom. The van der Waals surface area contributed by atoms with Gasteiger partial charge in [-0.2, -0.15) is 5.26 Å². The van der Waals surface area contributed by atoms with Gasteiger partial charge in [0.05, 0.1) is 6.07 Å². The van der Waals surface area contributed by atoms with Gasteiger partial charge in [-0.05, 0) is 32.5 Å². The molecule has 0 aliphatic carbocycles. The van der Waals surface area contributed by atoms with E-state index in [0.717, 1.165) is 12.8 Å². The molecule has 0 heterocycles. The van der Waals surface area contributed by atoms with E-state index in [9.17, 15) is 0 Å². The van der Waals surface area contributed by atoms with Crippen LogP contribution in [-0.2, 0) is 4.43 Å². The van der Waals surface area contributed by atoms with E-state index in [-0.39, 0.29) is 6.10 Å². The third-order valence-corrected chi connectivity index (χ3v) is 3.45. The molecule has 0 fully saturated rings. The minimum Gasteiger partial charge on any atom is -0.402 e. The lowest BCUT2D eigenvalue weighted by Gasteiger charge is -2.21. The Hall–Kier alpha value is -0.333. The van der Waals surface area contributed by atoms with Gasteiger partial charge in [-0.3, -0.25) is 0 Å². The van der Waals surface area contributed by atoms with E-state index in [1.807, 2.05) is 0 Å². The molecular weight excluding hydrogens is 214 g/mol. The van der Waals surface area contributed by atoms with Crippen molar-refractivity contribution < 1.29 is 4.43 Å². The Morgan fingerprint density at radius 3 is 2.12 bits per heavy atom. The van der Waals surface area contributed by atoms with E-state index >= 15 is 0 Å². The molecule has 0 rings (SSSR count). The van der Waals surface area contributed by atoms with E-state index in [2.05, 4.69) is 32.6 Å². The summed E-state index contributed by atoms with van der Waals surface area (Å²) in [5, 5.41) is 8.98. The molecule has 0 saturated heterocycles. The van der Waals surface area contributed by atoms with E-state index in [0.29, 0.717) is 0 Å². The molecule has 0 aromatic carbocycles. The molecule has 3 heteroatoms. The van der Waals surface area contributed by atoms with Crippen LogP contribution in [0.25, 0.3) is 0 Å². The van der Waals surface area contributed by atoms with Crippen molar-refractivity contribution in [3.05, 3.63) is 0 Å². The van der Waals surface area contributed by atoms with Crippen LogP contribution in [0.4, 0.5) is 0 Å². The lowest BCUT2D eigenvalue weighted by Crippen LogP contribution is -2.31. The molecule has 0 amide bonds. The van der Waals surface area contributed by atoms with Crippen molar-refractivity contribution in [1.29, 1.82) is 5.26 Å². The van der Waals surface area contributed by atoms with Crippen molar-refractivity contribution in [2.75, 3.05) is 0 Å². The van der Waals surface area contributed by atoms with Gasteiger partial charge in [-0.15, -0.1) is 0 Å². The highest BCUT2D eigenvalue weighted by Crippen LogP contribution is 2.14. The quantitative estimate of drug-likeness (QED) is 0.440. The maximum absolute atomic E-state index is 8.98. The van der Waals surface area contributed by atoms with E-state index < -0.39 is 8.32 Å². The zero-order chi connectivity index (χ0) is 12.4. The number of hydrogen-bond donors (Lipinski definition) is 0. The van der Waals surface area contributed by atoms with Gasteiger partial charge in [0.2, 0.25) is 0 Å². The van der Waals surface area contributed by atoms with Crippen LogP contribution in [-0.4, -0.2) is 14.4 Å². The average Bonchev–Trinajstić information content (AvgIpc) is 2.19. The van der Waals surface area contributed by atoms with Crippen LogP contribution >= 0.6 is 0 Å². The SMILES string of the molecule is CCCCCCCCC(C#N)O[Si](C)(C)C. The van der Waals surface area contributed by atoms with Crippen LogP contribution in [0.15, 0.2) is 0 Å². The first-order chi connectivity index (χ1) is 7.49. The van der Waals surface area contributed by atoms with Crippen molar-refractivity contribution in [1.82, 2.24) is 0 Å². The molecule has 1 unspecified atom stereocenters. The van der Waals surface area contributed by atoms with E-state index in [1.165, 1.54) is 32.1 Å². The summed E-state index contributed by atoms with van der Waals surface area (Å²) in [5.41, 5.74) is 0. The number of unbranched alkanes of at least 4 members (excludes halogenated alkanes) is 5. The second kappa shape index (κ2) is 8.78. The Bertz CT molecular complexity index is 205. The minimum absolute atomic E-state index is 0.169. The third kappa shape index (κ3) is 10.2. The van der Waals surface area contributed by atoms with Gasteiger partial charge in [0.25, 0.3) is 0 Å². The second-order valence-electron chi connectivity index (χ2n) is 5.40. The predicted octanol–water partition coefficient (Wildman–Crippen LogP) is 4.48. The molecule has 0 bridgehead atoms.